The van der Waals surface area contributed by atoms with E-state index >= 15 is 0 Å². The highest BCUT2D eigenvalue weighted by Gasteiger charge is 1.93. The first-order valence-corrected chi connectivity index (χ1v) is 2.85. The molecule has 0 fully saturated rings. The average Bonchev–Trinajstić information content (AvgIpc) is 1.91. The zero-order valence-electron chi connectivity index (χ0n) is 3.32. The lowest BCUT2D eigenvalue weighted by Gasteiger charge is -1.71. The van der Waals surface area contributed by atoms with Crippen LogP contribution in [0.15, 0.2) is 21.4 Å². The fourth-order valence-electron chi connectivity index (χ4n) is 0.266. The maximum atomic E-state index is 5.48. The summed E-state index contributed by atoms with van der Waals surface area (Å²) < 4.78 is 5.47. The van der Waals surface area contributed by atoms with Gasteiger partial charge in [0.05, 0.1) is 9.50 Å². The summed E-state index contributed by atoms with van der Waals surface area (Å²) in [6, 6.07) is 0. The maximum absolute atomic E-state index is 5.48. The van der Waals surface area contributed by atoms with E-state index in [0.717, 1.165) is 4.47 Å². The SMILES string of the molecule is Clc1cocc1Br. The van der Waals surface area contributed by atoms with Gasteiger partial charge in [-0.25, -0.2) is 0 Å². The molecule has 1 heterocycles. The summed E-state index contributed by atoms with van der Waals surface area (Å²) in [5.41, 5.74) is 0. The molecule has 0 radical (unpaired) electrons. The van der Waals surface area contributed by atoms with Gasteiger partial charge in [0, 0.05) is 0 Å². The Balaban J connectivity index is 3.12. The smallest absolute Gasteiger partial charge is 0.110 e. The van der Waals surface area contributed by atoms with Gasteiger partial charge in [0.1, 0.15) is 12.5 Å². The summed E-state index contributed by atoms with van der Waals surface area (Å²) in [7, 11) is 0. The van der Waals surface area contributed by atoms with Crippen molar-refractivity contribution in [3.8, 4) is 0 Å². The Morgan fingerprint density at radius 3 is 2.43 bits per heavy atom. The van der Waals surface area contributed by atoms with Crippen molar-refractivity contribution in [2.75, 3.05) is 0 Å². The number of rotatable bonds is 0. The fourth-order valence-corrected chi connectivity index (χ4v) is 0.563. The van der Waals surface area contributed by atoms with Gasteiger partial charge < -0.3 is 4.42 Å². The van der Waals surface area contributed by atoms with Crippen LogP contribution in [0, 0.1) is 0 Å². The molecule has 0 aliphatic rings. The van der Waals surface area contributed by atoms with E-state index in [-0.39, 0.29) is 0 Å². The summed E-state index contributed by atoms with van der Waals surface area (Å²) in [6.45, 7) is 0. The van der Waals surface area contributed by atoms with Crippen molar-refractivity contribution in [1.29, 1.82) is 0 Å². The molecule has 0 atom stereocenters. The minimum Gasteiger partial charge on any atom is -0.470 e. The normalized spacial score (nSPS) is 9.43. The van der Waals surface area contributed by atoms with Gasteiger partial charge in [0.15, 0.2) is 0 Å². The highest BCUT2D eigenvalue weighted by Crippen LogP contribution is 2.21. The largest absolute Gasteiger partial charge is 0.470 e. The van der Waals surface area contributed by atoms with Gasteiger partial charge in [-0.15, -0.1) is 0 Å². The molecule has 1 rings (SSSR count). The quantitative estimate of drug-likeness (QED) is 0.600. The molecule has 0 saturated carbocycles. The van der Waals surface area contributed by atoms with E-state index in [4.69, 9.17) is 11.6 Å². The second-order valence-electron chi connectivity index (χ2n) is 1.07. The summed E-state index contributed by atoms with van der Waals surface area (Å²) in [5, 5.41) is 0.611. The third kappa shape index (κ3) is 0.983. The second kappa shape index (κ2) is 1.88. The predicted molar refractivity (Wildman–Crippen MR) is 31.4 cm³/mol. The number of halogens is 2. The molecule has 0 unspecified atom stereocenters. The Bertz CT molecular complexity index is 144. The van der Waals surface area contributed by atoms with Crippen LogP contribution in [-0.2, 0) is 0 Å². The first kappa shape index (κ1) is 5.19. The molecular formula is C4H2BrClO. The topological polar surface area (TPSA) is 13.1 Å². The van der Waals surface area contributed by atoms with Crippen LogP contribution in [0.3, 0.4) is 0 Å². The summed E-state index contributed by atoms with van der Waals surface area (Å²) in [6.07, 6.45) is 2.99. The van der Waals surface area contributed by atoms with E-state index < -0.39 is 0 Å². The van der Waals surface area contributed by atoms with Crippen molar-refractivity contribution in [1.82, 2.24) is 0 Å². The number of hydrogen-bond acceptors (Lipinski definition) is 1. The summed E-state index contributed by atoms with van der Waals surface area (Å²) >= 11 is 8.62. The van der Waals surface area contributed by atoms with Gasteiger partial charge in [-0.3, -0.25) is 0 Å². The van der Waals surface area contributed by atoms with Crippen LogP contribution in [0.1, 0.15) is 0 Å². The van der Waals surface area contributed by atoms with Crippen molar-refractivity contribution >= 4 is 27.5 Å². The van der Waals surface area contributed by atoms with Gasteiger partial charge in [-0.05, 0) is 15.9 Å². The van der Waals surface area contributed by atoms with Crippen molar-refractivity contribution in [2.24, 2.45) is 0 Å². The molecule has 0 spiro atoms. The van der Waals surface area contributed by atoms with Crippen LogP contribution in [0.25, 0.3) is 0 Å². The minimum absolute atomic E-state index is 0.611. The lowest BCUT2D eigenvalue weighted by atomic mass is 10.7. The first-order valence-electron chi connectivity index (χ1n) is 1.68. The maximum Gasteiger partial charge on any atom is 0.110 e. The van der Waals surface area contributed by atoms with Gasteiger partial charge >= 0.3 is 0 Å². The van der Waals surface area contributed by atoms with Crippen molar-refractivity contribution in [3.63, 3.8) is 0 Å². The Hall–Kier alpha value is 0.0500. The van der Waals surface area contributed by atoms with E-state index in [1.54, 1.807) is 0 Å². The van der Waals surface area contributed by atoms with Crippen LogP contribution in [0.2, 0.25) is 5.02 Å². The Kier molecular flexibility index (Phi) is 1.40. The third-order valence-electron chi connectivity index (χ3n) is 0.571. The molecule has 0 aliphatic carbocycles. The lowest BCUT2D eigenvalue weighted by molar-refractivity contribution is 0.566. The van der Waals surface area contributed by atoms with Crippen LogP contribution >= 0.6 is 27.5 Å². The van der Waals surface area contributed by atoms with Gasteiger partial charge in [-0.2, -0.15) is 0 Å². The molecule has 38 valence electrons. The molecule has 1 nitrogen and oxygen atoms in total. The molecule has 1 aromatic rings. The molecule has 0 aliphatic heterocycles. The zero-order chi connectivity index (χ0) is 5.28. The molecule has 0 aromatic carbocycles. The van der Waals surface area contributed by atoms with Crippen molar-refractivity contribution in [2.45, 2.75) is 0 Å². The molecule has 1 aromatic heterocycles. The standard InChI is InChI=1S/C4H2BrClO/c5-3-1-7-2-4(3)6/h1-2H. The highest BCUT2D eigenvalue weighted by atomic mass is 79.9. The van der Waals surface area contributed by atoms with Gasteiger partial charge in [-0.1, -0.05) is 11.6 Å². The Labute approximate surface area is 54.4 Å². The van der Waals surface area contributed by atoms with Crippen LogP contribution < -0.4 is 0 Å². The third-order valence-corrected chi connectivity index (χ3v) is 1.71. The van der Waals surface area contributed by atoms with Gasteiger partial charge in [0.2, 0.25) is 0 Å². The second-order valence-corrected chi connectivity index (χ2v) is 2.33. The predicted octanol–water partition coefficient (Wildman–Crippen LogP) is 2.70. The molecule has 0 bridgehead atoms. The first-order chi connectivity index (χ1) is 3.30. The van der Waals surface area contributed by atoms with E-state index in [1.807, 2.05) is 0 Å². The van der Waals surface area contributed by atoms with E-state index in [9.17, 15) is 0 Å². The fraction of sp³-hybridized carbons (Fsp3) is 0. The minimum atomic E-state index is 0.611. The molecule has 3 heteroatoms. The molecule has 0 amide bonds. The Morgan fingerprint density at radius 1 is 1.57 bits per heavy atom. The van der Waals surface area contributed by atoms with E-state index in [2.05, 4.69) is 20.3 Å². The molecular weight excluding hydrogens is 179 g/mol. The molecule has 7 heavy (non-hydrogen) atoms. The van der Waals surface area contributed by atoms with Crippen molar-refractivity contribution in [3.05, 3.63) is 22.0 Å². The number of hydrogen-bond donors (Lipinski definition) is 0. The highest BCUT2D eigenvalue weighted by molar-refractivity contribution is 9.10. The van der Waals surface area contributed by atoms with E-state index in [1.165, 1.54) is 12.5 Å². The van der Waals surface area contributed by atoms with Crippen LogP contribution in [0.4, 0.5) is 0 Å². The number of furan rings is 1. The van der Waals surface area contributed by atoms with Crippen LogP contribution in [0.5, 0.6) is 0 Å². The monoisotopic (exact) mass is 180 g/mol. The summed E-state index contributed by atoms with van der Waals surface area (Å²) in [4.78, 5) is 0. The Morgan fingerprint density at radius 2 is 2.29 bits per heavy atom. The van der Waals surface area contributed by atoms with Crippen molar-refractivity contribution < 1.29 is 4.42 Å². The lowest BCUT2D eigenvalue weighted by Crippen LogP contribution is -1.46. The van der Waals surface area contributed by atoms with Crippen LogP contribution in [-0.4, -0.2) is 0 Å². The zero-order valence-corrected chi connectivity index (χ0v) is 5.66. The average molecular weight is 181 g/mol. The molecule has 0 N–H and O–H groups in total. The van der Waals surface area contributed by atoms with Gasteiger partial charge in [0.25, 0.3) is 0 Å². The summed E-state index contributed by atoms with van der Waals surface area (Å²) in [5.74, 6) is 0. The molecule has 0 saturated heterocycles. The van der Waals surface area contributed by atoms with E-state index in [0.29, 0.717) is 5.02 Å².